The summed E-state index contributed by atoms with van der Waals surface area (Å²) in [4.78, 5) is 16.8. The van der Waals surface area contributed by atoms with Crippen molar-refractivity contribution in [2.24, 2.45) is 5.41 Å². The Kier molecular flexibility index (Phi) is 4.44. The second kappa shape index (κ2) is 5.70. The van der Waals surface area contributed by atoms with Crippen LogP contribution in [0.2, 0.25) is 0 Å². The Balaban J connectivity index is 1.82. The van der Waals surface area contributed by atoms with Crippen LogP contribution in [0.1, 0.15) is 46.5 Å². The van der Waals surface area contributed by atoms with Gasteiger partial charge >= 0.3 is 0 Å². The Morgan fingerprint density at radius 1 is 1.17 bits per heavy atom. The number of rotatable bonds is 4. The van der Waals surface area contributed by atoms with Gasteiger partial charge in [0.15, 0.2) is 0 Å². The van der Waals surface area contributed by atoms with Crippen molar-refractivity contribution >= 4 is 5.78 Å². The fourth-order valence-electron chi connectivity index (χ4n) is 3.21. The van der Waals surface area contributed by atoms with Crippen LogP contribution in [0, 0.1) is 5.41 Å². The van der Waals surface area contributed by atoms with E-state index < -0.39 is 0 Å². The first-order chi connectivity index (χ1) is 8.49. The predicted octanol–water partition coefficient (Wildman–Crippen LogP) is 2.16. The Hall–Kier alpha value is -0.410. The monoisotopic (exact) mass is 252 g/mol. The molecule has 3 nitrogen and oxygen atoms in total. The third kappa shape index (κ3) is 3.33. The standard InChI is InChI=1S/C15H28N2O/c1-13(18)15(2,3)12-16-10-7-14(11-16)17-8-5-4-6-9-17/h14H,4-12H2,1-3H3. The van der Waals surface area contributed by atoms with E-state index in [0.717, 1.165) is 25.7 Å². The Labute approximate surface area is 112 Å². The molecule has 0 aromatic rings. The predicted molar refractivity (Wildman–Crippen MR) is 74.7 cm³/mol. The minimum Gasteiger partial charge on any atom is -0.301 e. The number of Topliss-reactive ketones (excluding diaryl/α,β-unsaturated/α-hetero) is 1. The molecular weight excluding hydrogens is 224 g/mol. The average molecular weight is 252 g/mol. The molecule has 2 heterocycles. The smallest absolute Gasteiger partial charge is 0.136 e. The summed E-state index contributed by atoms with van der Waals surface area (Å²) in [6, 6.07) is 0.744. The van der Waals surface area contributed by atoms with Gasteiger partial charge in [0.05, 0.1) is 0 Å². The zero-order valence-corrected chi connectivity index (χ0v) is 12.2. The summed E-state index contributed by atoms with van der Waals surface area (Å²) >= 11 is 0. The molecule has 0 aliphatic carbocycles. The highest BCUT2D eigenvalue weighted by Crippen LogP contribution is 2.24. The molecule has 2 fully saturated rings. The van der Waals surface area contributed by atoms with Crippen molar-refractivity contribution in [1.29, 1.82) is 0 Å². The molecule has 0 aromatic carbocycles. The first kappa shape index (κ1) is 14.0. The van der Waals surface area contributed by atoms with Gasteiger partial charge in [-0.05, 0) is 45.8 Å². The molecule has 0 amide bonds. The lowest BCUT2D eigenvalue weighted by Crippen LogP contribution is -2.42. The molecule has 104 valence electrons. The van der Waals surface area contributed by atoms with Crippen molar-refractivity contribution in [3.63, 3.8) is 0 Å². The van der Waals surface area contributed by atoms with Crippen LogP contribution in [0.25, 0.3) is 0 Å². The number of carbonyl (C=O) groups excluding carboxylic acids is 1. The molecule has 0 N–H and O–H groups in total. The highest BCUT2D eigenvalue weighted by atomic mass is 16.1. The van der Waals surface area contributed by atoms with Gasteiger partial charge in [-0.25, -0.2) is 0 Å². The average Bonchev–Trinajstić information content (AvgIpc) is 2.78. The summed E-state index contributed by atoms with van der Waals surface area (Å²) in [5, 5.41) is 0. The normalized spacial score (nSPS) is 27.6. The molecule has 0 saturated carbocycles. The first-order valence-electron chi connectivity index (χ1n) is 7.46. The van der Waals surface area contributed by atoms with Gasteiger partial charge in [-0.1, -0.05) is 20.3 Å². The SMILES string of the molecule is CC(=O)C(C)(C)CN1CCC(N2CCCCC2)C1. The maximum atomic E-state index is 11.6. The highest BCUT2D eigenvalue weighted by molar-refractivity contribution is 5.81. The Morgan fingerprint density at radius 2 is 1.83 bits per heavy atom. The van der Waals surface area contributed by atoms with Crippen LogP contribution in [-0.2, 0) is 4.79 Å². The maximum Gasteiger partial charge on any atom is 0.136 e. The molecule has 2 rings (SSSR count). The lowest BCUT2D eigenvalue weighted by Gasteiger charge is -2.33. The molecule has 1 unspecified atom stereocenters. The molecule has 0 bridgehead atoms. The van der Waals surface area contributed by atoms with Crippen LogP contribution in [0.15, 0.2) is 0 Å². The molecule has 2 aliphatic heterocycles. The van der Waals surface area contributed by atoms with Gasteiger partial charge in [0.25, 0.3) is 0 Å². The van der Waals surface area contributed by atoms with Gasteiger partial charge in [0.2, 0.25) is 0 Å². The van der Waals surface area contributed by atoms with Gasteiger partial charge in [-0.2, -0.15) is 0 Å². The summed E-state index contributed by atoms with van der Waals surface area (Å²) in [5.41, 5.74) is -0.184. The summed E-state index contributed by atoms with van der Waals surface area (Å²) in [6.07, 6.45) is 5.43. The quantitative estimate of drug-likeness (QED) is 0.766. The minimum absolute atomic E-state index is 0.184. The lowest BCUT2D eigenvalue weighted by molar-refractivity contribution is -0.125. The van der Waals surface area contributed by atoms with E-state index >= 15 is 0 Å². The van der Waals surface area contributed by atoms with E-state index in [4.69, 9.17) is 0 Å². The molecule has 18 heavy (non-hydrogen) atoms. The van der Waals surface area contributed by atoms with Crippen molar-refractivity contribution in [3.05, 3.63) is 0 Å². The van der Waals surface area contributed by atoms with Crippen molar-refractivity contribution in [1.82, 2.24) is 9.80 Å². The van der Waals surface area contributed by atoms with Gasteiger partial charge in [0, 0.05) is 24.5 Å². The fraction of sp³-hybridized carbons (Fsp3) is 0.933. The largest absolute Gasteiger partial charge is 0.301 e. The van der Waals surface area contributed by atoms with E-state index in [-0.39, 0.29) is 5.41 Å². The minimum atomic E-state index is -0.184. The Morgan fingerprint density at radius 3 is 2.44 bits per heavy atom. The van der Waals surface area contributed by atoms with Crippen LogP contribution in [0.4, 0.5) is 0 Å². The molecule has 1 atom stereocenters. The summed E-state index contributed by atoms with van der Waals surface area (Å²) in [5.74, 6) is 0.309. The van der Waals surface area contributed by atoms with Gasteiger partial charge in [0.1, 0.15) is 5.78 Å². The van der Waals surface area contributed by atoms with Crippen LogP contribution in [0.3, 0.4) is 0 Å². The van der Waals surface area contributed by atoms with Gasteiger partial charge in [-0.3, -0.25) is 9.69 Å². The maximum absolute atomic E-state index is 11.6. The number of piperidine rings is 1. The van der Waals surface area contributed by atoms with Crippen LogP contribution in [-0.4, -0.2) is 54.3 Å². The van der Waals surface area contributed by atoms with E-state index in [0.29, 0.717) is 5.78 Å². The van der Waals surface area contributed by atoms with Crippen molar-refractivity contribution in [2.45, 2.75) is 52.5 Å². The molecule has 2 saturated heterocycles. The van der Waals surface area contributed by atoms with E-state index in [2.05, 4.69) is 23.6 Å². The molecule has 3 heteroatoms. The molecule has 0 spiro atoms. The molecule has 0 aromatic heterocycles. The van der Waals surface area contributed by atoms with Crippen LogP contribution >= 0.6 is 0 Å². The number of carbonyl (C=O) groups is 1. The number of hydrogen-bond donors (Lipinski definition) is 0. The second-order valence-corrected chi connectivity index (χ2v) is 6.71. The van der Waals surface area contributed by atoms with E-state index in [1.54, 1.807) is 6.92 Å². The number of hydrogen-bond acceptors (Lipinski definition) is 3. The zero-order chi connectivity index (χ0) is 13.2. The molecular formula is C15H28N2O. The van der Waals surface area contributed by atoms with Crippen molar-refractivity contribution in [2.75, 3.05) is 32.7 Å². The van der Waals surface area contributed by atoms with E-state index in [1.807, 2.05) is 0 Å². The molecule has 2 aliphatic rings. The van der Waals surface area contributed by atoms with Crippen molar-refractivity contribution < 1.29 is 4.79 Å². The van der Waals surface area contributed by atoms with E-state index in [9.17, 15) is 4.79 Å². The fourth-order valence-corrected chi connectivity index (χ4v) is 3.21. The Bertz CT molecular complexity index is 295. The number of nitrogens with zero attached hydrogens (tertiary/aromatic N) is 2. The van der Waals surface area contributed by atoms with Crippen LogP contribution < -0.4 is 0 Å². The van der Waals surface area contributed by atoms with Gasteiger partial charge < -0.3 is 4.90 Å². The highest BCUT2D eigenvalue weighted by Gasteiger charge is 2.33. The summed E-state index contributed by atoms with van der Waals surface area (Å²) < 4.78 is 0. The lowest BCUT2D eigenvalue weighted by atomic mass is 9.88. The topological polar surface area (TPSA) is 23.6 Å². The van der Waals surface area contributed by atoms with Gasteiger partial charge in [-0.15, -0.1) is 0 Å². The second-order valence-electron chi connectivity index (χ2n) is 6.71. The third-order valence-corrected chi connectivity index (χ3v) is 4.73. The number of ketones is 1. The third-order valence-electron chi connectivity index (χ3n) is 4.73. The summed E-state index contributed by atoms with van der Waals surface area (Å²) in [6.45, 7) is 11.7. The van der Waals surface area contributed by atoms with E-state index in [1.165, 1.54) is 38.8 Å². The summed E-state index contributed by atoms with van der Waals surface area (Å²) in [7, 11) is 0. The van der Waals surface area contributed by atoms with Crippen LogP contribution in [0.5, 0.6) is 0 Å². The number of likely N-dealkylation sites (tertiary alicyclic amines) is 2. The zero-order valence-electron chi connectivity index (χ0n) is 12.2. The molecule has 0 radical (unpaired) electrons. The first-order valence-corrected chi connectivity index (χ1v) is 7.46. The van der Waals surface area contributed by atoms with Crippen molar-refractivity contribution in [3.8, 4) is 0 Å².